The van der Waals surface area contributed by atoms with Gasteiger partial charge in [-0.1, -0.05) is 18.2 Å². The monoisotopic (exact) mass is 342 g/mol. The van der Waals surface area contributed by atoms with Crippen molar-refractivity contribution in [3.8, 4) is 0 Å². The Morgan fingerprint density at radius 2 is 2.12 bits per heavy atom. The molecule has 0 bridgehead atoms. The molecule has 0 saturated carbocycles. The molecule has 0 aliphatic rings. The van der Waals surface area contributed by atoms with Crippen molar-refractivity contribution in [2.75, 3.05) is 0 Å². The van der Waals surface area contributed by atoms with Gasteiger partial charge < -0.3 is 10.7 Å². The Balaban J connectivity index is 2.26. The van der Waals surface area contributed by atoms with Crippen LogP contribution in [0.25, 0.3) is 11.2 Å². The van der Waals surface area contributed by atoms with E-state index in [9.17, 15) is 8.42 Å². The molecule has 1 unspecified atom stereocenters. The zero-order valence-corrected chi connectivity index (χ0v) is 14.0. The van der Waals surface area contributed by atoms with E-state index in [2.05, 4.69) is 21.5 Å². The third kappa shape index (κ3) is 2.83. The number of hydrogen-bond acceptors (Lipinski definition) is 5. The summed E-state index contributed by atoms with van der Waals surface area (Å²) in [6, 6.07) is 7.83. The lowest BCUT2D eigenvalue weighted by atomic mass is 10.1. The van der Waals surface area contributed by atoms with Crippen LogP contribution in [0, 0.1) is 6.92 Å². The average molecular weight is 342 g/mol. The summed E-state index contributed by atoms with van der Waals surface area (Å²) in [7, 11) is -3.83. The van der Waals surface area contributed by atoms with Crippen LogP contribution in [0.3, 0.4) is 0 Å². The minimum atomic E-state index is -3.83. The van der Waals surface area contributed by atoms with Crippen LogP contribution in [0.4, 0.5) is 0 Å². The number of fused-ring (bicyclic) bond motifs is 1. The van der Waals surface area contributed by atoms with E-state index in [1.165, 1.54) is 0 Å². The molecule has 0 amide bonds. The number of benzene rings is 1. The molecule has 7 heteroatoms. The molecular formula is C17H18N4O2S. The lowest BCUT2D eigenvalue weighted by Crippen LogP contribution is -2.18. The van der Waals surface area contributed by atoms with E-state index in [1.807, 2.05) is 13.0 Å². The maximum absolute atomic E-state index is 13.1. The third-order valence-corrected chi connectivity index (χ3v) is 5.39. The van der Waals surface area contributed by atoms with Gasteiger partial charge in [-0.15, -0.1) is 6.58 Å². The largest absolute Gasteiger partial charge is 0.345 e. The van der Waals surface area contributed by atoms with Crippen molar-refractivity contribution in [1.82, 2.24) is 15.0 Å². The first-order valence-electron chi connectivity index (χ1n) is 7.46. The highest BCUT2D eigenvalue weighted by atomic mass is 32.2. The summed E-state index contributed by atoms with van der Waals surface area (Å²) in [5, 5.41) is -0.114. The van der Waals surface area contributed by atoms with Crippen molar-refractivity contribution in [1.29, 1.82) is 0 Å². The smallest absolute Gasteiger partial charge is 0.225 e. The fourth-order valence-electron chi connectivity index (χ4n) is 2.49. The summed E-state index contributed by atoms with van der Waals surface area (Å²) >= 11 is 0. The zero-order chi connectivity index (χ0) is 17.3. The highest BCUT2D eigenvalue weighted by Gasteiger charge is 2.28. The van der Waals surface area contributed by atoms with Gasteiger partial charge in [-0.25, -0.2) is 18.4 Å². The lowest BCUT2D eigenvalue weighted by molar-refractivity contribution is 0.584. The number of nitrogens with two attached hydrogens (primary N) is 1. The van der Waals surface area contributed by atoms with E-state index in [0.717, 1.165) is 5.56 Å². The van der Waals surface area contributed by atoms with E-state index in [1.54, 1.807) is 36.5 Å². The van der Waals surface area contributed by atoms with Gasteiger partial charge in [0.05, 0.1) is 16.6 Å². The number of aromatic amines is 1. The molecule has 1 aromatic carbocycles. The Morgan fingerprint density at radius 3 is 2.83 bits per heavy atom. The first-order chi connectivity index (χ1) is 11.4. The molecule has 0 aliphatic carbocycles. The predicted molar refractivity (Wildman–Crippen MR) is 92.3 cm³/mol. The SMILES string of the molecule is C=CCC(N)c1nc2cc[nH]c2nc1S(=O)(=O)c1cccc(C)c1. The van der Waals surface area contributed by atoms with Crippen LogP contribution in [0.2, 0.25) is 0 Å². The Kier molecular flexibility index (Phi) is 4.21. The normalized spacial score (nSPS) is 13.1. The molecule has 3 aromatic rings. The first kappa shape index (κ1) is 16.4. The summed E-state index contributed by atoms with van der Waals surface area (Å²) in [6.45, 7) is 5.49. The van der Waals surface area contributed by atoms with Crippen LogP contribution in [0.1, 0.15) is 23.7 Å². The number of sulfone groups is 1. The second-order valence-electron chi connectivity index (χ2n) is 5.58. The number of hydrogen-bond donors (Lipinski definition) is 2. The molecule has 3 rings (SSSR count). The highest BCUT2D eigenvalue weighted by molar-refractivity contribution is 7.91. The molecule has 124 valence electrons. The van der Waals surface area contributed by atoms with Crippen LogP contribution < -0.4 is 5.73 Å². The third-order valence-electron chi connectivity index (χ3n) is 3.70. The van der Waals surface area contributed by atoms with E-state index in [0.29, 0.717) is 17.6 Å². The summed E-state index contributed by atoms with van der Waals surface area (Å²) < 4.78 is 26.2. The van der Waals surface area contributed by atoms with Crippen molar-refractivity contribution in [2.45, 2.75) is 29.3 Å². The quantitative estimate of drug-likeness (QED) is 0.694. The molecule has 0 fully saturated rings. The van der Waals surface area contributed by atoms with Crippen molar-refractivity contribution >= 4 is 21.0 Å². The number of aryl methyl sites for hydroxylation is 1. The van der Waals surface area contributed by atoms with Gasteiger partial charge >= 0.3 is 0 Å². The van der Waals surface area contributed by atoms with Gasteiger partial charge in [0.2, 0.25) is 9.84 Å². The molecular weight excluding hydrogens is 324 g/mol. The number of nitrogens with zero attached hydrogens (tertiary/aromatic N) is 2. The van der Waals surface area contributed by atoms with E-state index < -0.39 is 15.9 Å². The molecule has 3 N–H and O–H groups in total. The number of rotatable bonds is 5. The summed E-state index contributed by atoms with van der Waals surface area (Å²) in [4.78, 5) is 11.8. The Labute approximate surface area is 140 Å². The zero-order valence-electron chi connectivity index (χ0n) is 13.2. The molecule has 0 radical (unpaired) electrons. The van der Waals surface area contributed by atoms with Crippen LogP contribution >= 0.6 is 0 Å². The van der Waals surface area contributed by atoms with Gasteiger partial charge in [0, 0.05) is 6.20 Å². The molecule has 0 saturated heterocycles. The minimum Gasteiger partial charge on any atom is -0.345 e. The van der Waals surface area contributed by atoms with Crippen molar-refractivity contribution in [2.24, 2.45) is 5.73 Å². The minimum absolute atomic E-state index is 0.114. The van der Waals surface area contributed by atoms with Gasteiger partial charge in [-0.05, 0) is 37.1 Å². The molecule has 24 heavy (non-hydrogen) atoms. The first-order valence-corrected chi connectivity index (χ1v) is 8.95. The summed E-state index contributed by atoms with van der Waals surface area (Å²) in [5.74, 6) is 0. The molecule has 6 nitrogen and oxygen atoms in total. The van der Waals surface area contributed by atoms with Crippen LogP contribution in [0.5, 0.6) is 0 Å². The predicted octanol–water partition coefficient (Wildman–Crippen LogP) is 2.68. The summed E-state index contributed by atoms with van der Waals surface area (Å²) in [6.07, 6.45) is 3.70. The molecule has 0 aliphatic heterocycles. The average Bonchev–Trinajstić information content (AvgIpc) is 3.01. The van der Waals surface area contributed by atoms with Crippen molar-refractivity contribution in [3.63, 3.8) is 0 Å². The molecule has 2 heterocycles. The Bertz CT molecular complexity index is 1010. The van der Waals surface area contributed by atoms with E-state index in [4.69, 9.17) is 5.73 Å². The fraction of sp³-hybridized carbons (Fsp3) is 0.176. The maximum atomic E-state index is 13.1. The number of aromatic nitrogens is 3. The Morgan fingerprint density at radius 1 is 1.33 bits per heavy atom. The standard InChI is InChI=1S/C17H18N4O2S/c1-3-5-13(18)15-17(21-16-14(20-15)8-9-19-16)24(22,23)12-7-4-6-11(2)10-12/h3-4,6-10,13H,1,5,18H2,2H3,(H,19,21). The van der Waals surface area contributed by atoms with E-state index in [-0.39, 0.29) is 15.6 Å². The van der Waals surface area contributed by atoms with Crippen LogP contribution in [0.15, 0.2) is 59.1 Å². The number of H-pyrrole nitrogens is 1. The van der Waals surface area contributed by atoms with Gasteiger partial charge in [0.1, 0.15) is 5.52 Å². The Hall–Kier alpha value is -2.51. The molecule has 2 aromatic heterocycles. The van der Waals surface area contributed by atoms with Gasteiger partial charge in [0.15, 0.2) is 10.7 Å². The van der Waals surface area contributed by atoms with Crippen LogP contribution in [-0.4, -0.2) is 23.4 Å². The fourth-order valence-corrected chi connectivity index (χ4v) is 4.00. The van der Waals surface area contributed by atoms with E-state index >= 15 is 0 Å². The van der Waals surface area contributed by atoms with Crippen LogP contribution in [-0.2, 0) is 9.84 Å². The van der Waals surface area contributed by atoms with Gasteiger partial charge in [0.25, 0.3) is 0 Å². The highest BCUT2D eigenvalue weighted by Crippen LogP contribution is 2.28. The van der Waals surface area contributed by atoms with Crippen molar-refractivity contribution in [3.05, 3.63) is 60.4 Å². The summed E-state index contributed by atoms with van der Waals surface area (Å²) in [5.41, 5.74) is 8.21. The lowest BCUT2D eigenvalue weighted by Gasteiger charge is -2.14. The molecule has 0 spiro atoms. The van der Waals surface area contributed by atoms with Crippen molar-refractivity contribution < 1.29 is 8.42 Å². The van der Waals surface area contributed by atoms with Gasteiger partial charge in [-0.3, -0.25) is 0 Å². The maximum Gasteiger partial charge on any atom is 0.225 e. The number of nitrogens with one attached hydrogen (secondary N) is 1. The second kappa shape index (κ2) is 6.18. The second-order valence-corrected chi connectivity index (χ2v) is 7.44. The topological polar surface area (TPSA) is 102 Å². The van der Waals surface area contributed by atoms with Gasteiger partial charge in [-0.2, -0.15) is 0 Å². The molecule has 1 atom stereocenters.